The van der Waals surface area contributed by atoms with Crippen molar-refractivity contribution in [2.24, 2.45) is 0 Å². The number of Topliss-reactive ketones (excluding diaryl/α,β-unsaturated/α-hetero) is 1. The average Bonchev–Trinajstić information content (AvgIpc) is 3.35. The molecule has 5 rings (SSSR count). The van der Waals surface area contributed by atoms with Crippen molar-refractivity contribution in [3.63, 3.8) is 0 Å². The lowest BCUT2D eigenvalue weighted by molar-refractivity contribution is -0.116. The van der Waals surface area contributed by atoms with Gasteiger partial charge in [-0.3, -0.25) is 9.59 Å². The Labute approximate surface area is 195 Å². The molecule has 0 unspecified atom stereocenters. The molecule has 3 aromatic rings. The number of dihydropyridines is 1. The predicted molar refractivity (Wildman–Crippen MR) is 128 cm³/mol. The Hall–Kier alpha value is -3.51. The fraction of sp³-hybridized carbons (Fsp3) is 0.185. The summed E-state index contributed by atoms with van der Waals surface area (Å²) in [6.07, 6.45) is 1.09. The van der Waals surface area contributed by atoms with E-state index in [0.717, 1.165) is 16.8 Å². The van der Waals surface area contributed by atoms with E-state index in [9.17, 15) is 14.0 Å². The zero-order valence-corrected chi connectivity index (χ0v) is 18.9. The quantitative estimate of drug-likeness (QED) is 0.513. The fourth-order valence-electron chi connectivity index (χ4n) is 4.83. The van der Waals surface area contributed by atoms with Crippen molar-refractivity contribution in [2.75, 3.05) is 5.32 Å². The van der Waals surface area contributed by atoms with Crippen LogP contribution in [-0.2, 0) is 9.59 Å². The second-order valence-corrected chi connectivity index (χ2v) is 9.20. The van der Waals surface area contributed by atoms with Crippen LogP contribution >= 0.6 is 11.3 Å². The molecule has 33 heavy (non-hydrogen) atoms. The number of allylic oxidation sites excluding steroid dienone is 3. The zero-order valence-electron chi connectivity index (χ0n) is 18.1. The van der Waals surface area contributed by atoms with Crippen molar-refractivity contribution in [3.05, 3.63) is 111 Å². The Morgan fingerprint density at radius 2 is 1.79 bits per heavy atom. The van der Waals surface area contributed by atoms with Gasteiger partial charge in [-0.15, -0.1) is 0 Å². The lowest BCUT2D eigenvalue weighted by Crippen LogP contribution is -2.37. The van der Waals surface area contributed by atoms with E-state index in [4.69, 9.17) is 0 Å². The van der Waals surface area contributed by atoms with Crippen LogP contribution < -0.4 is 10.6 Å². The molecule has 0 radical (unpaired) electrons. The van der Waals surface area contributed by atoms with E-state index in [1.165, 1.54) is 23.5 Å². The topological polar surface area (TPSA) is 58.2 Å². The summed E-state index contributed by atoms with van der Waals surface area (Å²) in [4.78, 5) is 26.9. The Bertz CT molecular complexity index is 1280. The first-order chi connectivity index (χ1) is 16.0. The van der Waals surface area contributed by atoms with Gasteiger partial charge in [-0.1, -0.05) is 42.5 Å². The number of rotatable bonds is 4. The molecule has 0 spiro atoms. The second-order valence-electron chi connectivity index (χ2n) is 8.42. The van der Waals surface area contributed by atoms with Crippen LogP contribution in [0.3, 0.4) is 0 Å². The van der Waals surface area contributed by atoms with Crippen LogP contribution in [0.15, 0.2) is 94.0 Å². The number of para-hydroxylation sites is 1. The molecule has 2 atom stereocenters. The van der Waals surface area contributed by atoms with Gasteiger partial charge in [-0.25, -0.2) is 4.39 Å². The van der Waals surface area contributed by atoms with E-state index < -0.39 is 17.6 Å². The molecule has 1 amide bonds. The van der Waals surface area contributed by atoms with Crippen molar-refractivity contribution in [2.45, 2.75) is 31.6 Å². The summed E-state index contributed by atoms with van der Waals surface area (Å²) in [7, 11) is 0. The third-order valence-electron chi connectivity index (χ3n) is 6.34. The van der Waals surface area contributed by atoms with Gasteiger partial charge in [0.1, 0.15) is 5.82 Å². The van der Waals surface area contributed by atoms with Crippen molar-refractivity contribution in [1.29, 1.82) is 0 Å². The SMILES string of the molecule is CC1=C(C(=O)Nc2ccccc2F)[C@H](c2ccsc2)C2=C(C[C@@H](c3ccccc3)CC2=O)N1. The molecule has 0 saturated carbocycles. The van der Waals surface area contributed by atoms with Crippen molar-refractivity contribution in [3.8, 4) is 0 Å². The monoisotopic (exact) mass is 458 g/mol. The maximum atomic E-state index is 14.2. The summed E-state index contributed by atoms with van der Waals surface area (Å²) in [6.45, 7) is 1.84. The van der Waals surface area contributed by atoms with Gasteiger partial charge < -0.3 is 10.6 Å². The zero-order chi connectivity index (χ0) is 22.9. The Balaban J connectivity index is 1.54. The lowest BCUT2D eigenvalue weighted by atomic mass is 9.72. The minimum Gasteiger partial charge on any atom is -0.362 e. The first kappa shape index (κ1) is 21.3. The number of carbonyl (C=O) groups is 2. The van der Waals surface area contributed by atoms with Gasteiger partial charge >= 0.3 is 0 Å². The molecule has 2 N–H and O–H groups in total. The number of thiophene rings is 1. The smallest absolute Gasteiger partial charge is 0.254 e. The average molecular weight is 459 g/mol. The fourth-order valence-corrected chi connectivity index (χ4v) is 5.51. The Morgan fingerprint density at radius 1 is 1.03 bits per heavy atom. The Morgan fingerprint density at radius 3 is 2.52 bits per heavy atom. The molecule has 4 nitrogen and oxygen atoms in total. The van der Waals surface area contributed by atoms with Crippen LogP contribution in [0.4, 0.5) is 10.1 Å². The van der Waals surface area contributed by atoms with E-state index in [1.807, 2.05) is 41.9 Å². The van der Waals surface area contributed by atoms with E-state index >= 15 is 0 Å². The highest BCUT2D eigenvalue weighted by Crippen LogP contribution is 2.46. The molecule has 2 heterocycles. The Kier molecular flexibility index (Phi) is 5.68. The molecule has 1 aromatic heterocycles. The molecule has 0 saturated heterocycles. The van der Waals surface area contributed by atoms with Gasteiger partial charge in [-0.05, 0) is 59.3 Å². The number of amides is 1. The maximum absolute atomic E-state index is 14.2. The highest BCUT2D eigenvalue weighted by Gasteiger charge is 2.41. The number of nitrogens with one attached hydrogen (secondary N) is 2. The summed E-state index contributed by atoms with van der Waals surface area (Å²) >= 11 is 1.52. The number of benzene rings is 2. The normalized spacial score (nSPS) is 20.4. The number of hydrogen-bond acceptors (Lipinski definition) is 4. The predicted octanol–water partition coefficient (Wildman–Crippen LogP) is 5.89. The van der Waals surface area contributed by atoms with Gasteiger partial charge in [0, 0.05) is 34.9 Å². The lowest BCUT2D eigenvalue weighted by Gasteiger charge is -2.36. The van der Waals surface area contributed by atoms with Gasteiger partial charge in [0.05, 0.1) is 5.69 Å². The van der Waals surface area contributed by atoms with Crippen molar-refractivity contribution >= 4 is 28.7 Å². The maximum Gasteiger partial charge on any atom is 0.254 e. The molecule has 1 aliphatic heterocycles. The molecule has 2 aromatic carbocycles. The molecule has 1 aliphatic carbocycles. The highest BCUT2D eigenvalue weighted by molar-refractivity contribution is 7.08. The van der Waals surface area contributed by atoms with E-state index in [1.54, 1.807) is 12.1 Å². The van der Waals surface area contributed by atoms with E-state index in [-0.39, 0.29) is 17.4 Å². The second kappa shape index (κ2) is 8.79. The van der Waals surface area contributed by atoms with Crippen LogP contribution in [0, 0.1) is 5.82 Å². The minimum atomic E-state index is -0.501. The van der Waals surface area contributed by atoms with Gasteiger partial charge in [0.2, 0.25) is 0 Å². The van der Waals surface area contributed by atoms with E-state index in [2.05, 4.69) is 22.8 Å². The van der Waals surface area contributed by atoms with Crippen LogP contribution in [-0.4, -0.2) is 11.7 Å². The summed E-state index contributed by atoms with van der Waals surface area (Å²) in [5.74, 6) is -1.26. The van der Waals surface area contributed by atoms with Crippen molar-refractivity contribution < 1.29 is 14.0 Å². The molecular formula is C27H23FN2O2S. The summed E-state index contributed by atoms with van der Waals surface area (Å²) in [6, 6.07) is 18.1. The molecule has 6 heteroatoms. The molecule has 0 fully saturated rings. The van der Waals surface area contributed by atoms with Crippen molar-refractivity contribution in [1.82, 2.24) is 5.32 Å². The third kappa shape index (κ3) is 4.02. The van der Waals surface area contributed by atoms with Crippen LogP contribution in [0.1, 0.15) is 42.7 Å². The number of ketones is 1. The standard InChI is InChI=1S/C27H23FN2O2S/c1-16-24(27(32)30-21-10-6-5-9-20(21)28)25(18-11-12-33-15-18)26-22(29-16)13-19(14-23(26)31)17-7-3-2-4-8-17/h2-12,15,19,25,29H,13-14H2,1H3,(H,30,32)/t19-,25+/m1/s1. The van der Waals surface area contributed by atoms with Crippen LogP contribution in [0.5, 0.6) is 0 Å². The van der Waals surface area contributed by atoms with E-state index in [0.29, 0.717) is 29.7 Å². The van der Waals surface area contributed by atoms with Crippen LogP contribution in [0.2, 0.25) is 0 Å². The first-order valence-corrected chi connectivity index (χ1v) is 11.8. The third-order valence-corrected chi connectivity index (χ3v) is 7.04. The molecule has 2 aliphatic rings. The molecule has 0 bridgehead atoms. The first-order valence-electron chi connectivity index (χ1n) is 10.9. The number of carbonyl (C=O) groups excluding carboxylic acids is 2. The van der Waals surface area contributed by atoms with Gasteiger partial charge in [0.15, 0.2) is 5.78 Å². The minimum absolute atomic E-state index is 0.0393. The molecule has 166 valence electrons. The molecular weight excluding hydrogens is 435 g/mol. The van der Waals surface area contributed by atoms with Gasteiger partial charge in [0.25, 0.3) is 5.91 Å². The summed E-state index contributed by atoms with van der Waals surface area (Å²) in [5, 5.41) is 9.98. The number of hydrogen-bond donors (Lipinski definition) is 2. The number of anilines is 1. The summed E-state index contributed by atoms with van der Waals surface area (Å²) in [5.41, 5.74) is 4.80. The summed E-state index contributed by atoms with van der Waals surface area (Å²) < 4.78 is 14.2. The largest absolute Gasteiger partial charge is 0.362 e. The highest BCUT2D eigenvalue weighted by atomic mass is 32.1. The number of halogens is 1. The van der Waals surface area contributed by atoms with Crippen LogP contribution in [0.25, 0.3) is 0 Å². The van der Waals surface area contributed by atoms with Gasteiger partial charge in [-0.2, -0.15) is 11.3 Å².